The standard InChI is InChI=1S/C15H19F3N2O/c1-4-8-19-13(21)10-20-14(2,3)11-6-5-7-12(9-11)15(16,17)18/h4-7,9,20H,1,8,10H2,2-3H3,(H,19,21). The summed E-state index contributed by atoms with van der Waals surface area (Å²) in [6, 6.07) is 5.08. The van der Waals surface area contributed by atoms with Crippen molar-refractivity contribution in [2.75, 3.05) is 13.1 Å². The molecule has 0 bridgehead atoms. The van der Waals surface area contributed by atoms with Crippen molar-refractivity contribution in [3.63, 3.8) is 0 Å². The number of hydrogen-bond acceptors (Lipinski definition) is 2. The normalized spacial score (nSPS) is 12.0. The lowest BCUT2D eigenvalue weighted by atomic mass is 9.92. The fraction of sp³-hybridized carbons (Fsp3) is 0.400. The van der Waals surface area contributed by atoms with E-state index in [0.29, 0.717) is 12.1 Å². The molecule has 0 aliphatic carbocycles. The van der Waals surface area contributed by atoms with Gasteiger partial charge in [0.25, 0.3) is 0 Å². The number of amides is 1. The van der Waals surface area contributed by atoms with Gasteiger partial charge in [-0.05, 0) is 31.5 Å². The molecule has 2 N–H and O–H groups in total. The molecule has 0 aliphatic heterocycles. The summed E-state index contributed by atoms with van der Waals surface area (Å²) in [5, 5.41) is 5.54. The zero-order chi connectivity index (χ0) is 16.1. The Morgan fingerprint density at radius 1 is 1.29 bits per heavy atom. The molecule has 21 heavy (non-hydrogen) atoms. The highest BCUT2D eigenvalue weighted by molar-refractivity contribution is 5.78. The minimum Gasteiger partial charge on any atom is -0.352 e. The van der Waals surface area contributed by atoms with Crippen LogP contribution in [0.5, 0.6) is 0 Å². The molecule has 1 aromatic rings. The van der Waals surface area contributed by atoms with Gasteiger partial charge in [0.2, 0.25) is 5.91 Å². The Bertz CT molecular complexity index is 510. The smallest absolute Gasteiger partial charge is 0.352 e. The van der Waals surface area contributed by atoms with Crippen LogP contribution in [0.1, 0.15) is 25.0 Å². The quantitative estimate of drug-likeness (QED) is 0.793. The van der Waals surface area contributed by atoms with Gasteiger partial charge < -0.3 is 5.32 Å². The van der Waals surface area contributed by atoms with E-state index in [1.54, 1.807) is 26.0 Å². The van der Waals surface area contributed by atoms with Gasteiger partial charge >= 0.3 is 6.18 Å². The van der Waals surface area contributed by atoms with Gasteiger partial charge in [0.05, 0.1) is 12.1 Å². The highest BCUT2D eigenvalue weighted by Crippen LogP contribution is 2.31. The summed E-state index contributed by atoms with van der Waals surface area (Å²) in [5.74, 6) is -0.241. The molecule has 0 unspecified atom stereocenters. The first kappa shape index (κ1) is 17.2. The molecule has 0 heterocycles. The molecule has 6 heteroatoms. The van der Waals surface area contributed by atoms with Crippen molar-refractivity contribution in [2.24, 2.45) is 0 Å². The van der Waals surface area contributed by atoms with Crippen molar-refractivity contribution in [3.05, 3.63) is 48.0 Å². The van der Waals surface area contributed by atoms with Crippen molar-refractivity contribution >= 4 is 5.91 Å². The van der Waals surface area contributed by atoms with Crippen LogP contribution in [0.4, 0.5) is 13.2 Å². The van der Waals surface area contributed by atoms with E-state index in [1.807, 2.05) is 0 Å². The topological polar surface area (TPSA) is 41.1 Å². The van der Waals surface area contributed by atoms with Crippen molar-refractivity contribution in [1.82, 2.24) is 10.6 Å². The average Bonchev–Trinajstić information content (AvgIpc) is 2.42. The molecule has 0 saturated carbocycles. The molecule has 3 nitrogen and oxygen atoms in total. The van der Waals surface area contributed by atoms with Crippen LogP contribution < -0.4 is 10.6 Å². The van der Waals surface area contributed by atoms with Gasteiger partial charge in [-0.25, -0.2) is 0 Å². The summed E-state index contributed by atoms with van der Waals surface area (Å²) in [6.45, 7) is 7.29. The van der Waals surface area contributed by atoms with Crippen molar-refractivity contribution in [1.29, 1.82) is 0 Å². The lowest BCUT2D eigenvalue weighted by Crippen LogP contribution is -2.43. The number of halogens is 3. The molecule has 0 aromatic heterocycles. The number of carbonyl (C=O) groups excluding carboxylic acids is 1. The second-order valence-electron chi connectivity index (χ2n) is 5.15. The number of rotatable bonds is 6. The Morgan fingerprint density at radius 3 is 2.48 bits per heavy atom. The van der Waals surface area contributed by atoms with E-state index >= 15 is 0 Å². The predicted molar refractivity (Wildman–Crippen MR) is 75.7 cm³/mol. The van der Waals surface area contributed by atoms with Gasteiger partial charge in [-0.15, -0.1) is 6.58 Å². The van der Waals surface area contributed by atoms with E-state index in [9.17, 15) is 18.0 Å². The van der Waals surface area contributed by atoms with Crippen LogP contribution in [0.3, 0.4) is 0 Å². The molecule has 1 aromatic carbocycles. The highest BCUT2D eigenvalue weighted by Gasteiger charge is 2.32. The van der Waals surface area contributed by atoms with Gasteiger partial charge in [-0.3, -0.25) is 10.1 Å². The van der Waals surface area contributed by atoms with Gasteiger partial charge in [-0.1, -0.05) is 18.2 Å². The van der Waals surface area contributed by atoms with Crippen LogP contribution in [0, 0.1) is 0 Å². The first-order chi connectivity index (χ1) is 9.66. The van der Waals surface area contributed by atoms with Crippen LogP contribution in [0.15, 0.2) is 36.9 Å². The number of nitrogens with one attached hydrogen (secondary N) is 2. The van der Waals surface area contributed by atoms with Gasteiger partial charge in [-0.2, -0.15) is 13.2 Å². The molecule has 0 fully saturated rings. The van der Waals surface area contributed by atoms with E-state index in [1.165, 1.54) is 6.07 Å². The minimum absolute atomic E-state index is 0.0110. The number of alkyl halides is 3. The van der Waals surface area contributed by atoms with Crippen LogP contribution >= 0.6 is 0 Å². The van der Waals surface area contributed by atoms with Crippen LogP contribution in [-0.4, -0.2) is 19.0 Å². The summed E-state index contributed by atoms with van der Waals surface area (Å²) in [5.41, 5.74) is -0.993. The fourth-order valence-corrected chi connectivity index (χ4v) is 1.74. The Kier molecular flexibility index (Phi) is 5.54. The highest BCUT2D eigenvalue weighted by atomic mass is 19.4. The molecule has 0 spiro atoms. The summed E-state index contributed by atoms with van der Waals surface area (Å²) in [7, 11) is 0. The van der Waals surface area contributed by atoms with E-state index in [0.717, 1.165) is 12.1 Å². The van der Waals surface area contributed by atoms with Crippen LogP contribution in [0.25, 0.3) is 0 Å². The van der Waals surface area contributed by atoms with Crippen LogP contribution in [-0.2, 0) is 16.5 Å². The summed E-state index contributed by atoms with van der Waals surface area (Å²) in [6.07, 6.45) is -2.83. The van der Waals surface area contributed by atoms with E-state index < -0.39 is 17.3 Å². The third-order valence-electron chi connectivity index (χ3n) is 3.05. The molecule has 0 atom stereocenters. The largest absolute Gasteiger partial charge is 0.416 e. The van der Waals surface area contributed by atoms with Gasteiger partial charge in [0, 0.05) is 12.1 Å². The van der Waals surface area contributed by atoms with Crippen molar-refractivity contribution < 1.29 is 18.0 Å². The van der Waals surface area contributed by atoms with Crippen LogP contribution in [0.2, 0.25) is 0 Å². The number of carbonyl (C=O) groups is 1. The van der Waals surface area contributed by atoms with E-state index in [4.69, 9.17) is 0 Å². The lowest BCUT2D eigenvalue weighted by Gasteiger charge is -2.27. The maximum atomic E-state index is 12.7. The summed E-state index contributed by atoms with van der Waals surface area (Å²) in [4.78, 5) is 11.5. The SMILES string of the molecule is C=CCNC(=O)CNC(C)(C)c1cccc(C(F)(F)F)c1. The minimum atomic E-state index is -4.38. The second-order valence-corrected chi connectivity index (χ2v) is 5.15. The van der Waals surface area contributed by atoms with Gasteiger partial charge in [0.1, 0.15) is 0 Å². The Hall–Kier alpha value is -1.82. The molecule has 0 radical (unpaired) electrons. The fourth-order valence-electron chi connectivity index (χ4n) is 1.74. The molecule has 1 amide bonds. The lowest BCUT2D eigenvalue weighted by molar-refractivity contribution is -0.137. The first-order valence-electron chi connectivity index (χ1n) is 6.47. The monoisotopic (exact) mass is 300 g/mol. The molecular formula is C15H19F3N2O. The summed E-state index contributed by atoms with van der Waals surface area (Å²) >= 11 is 0. The Labute approximate surface area is 122 Å². The van der Waals surface area contributed by atoms with Gasteiger partial charge in [0.15, 0.2) is 0 Å². The number of benzene rings is 1. The summed E-state index contributed by atoms with van der Waals surface area (Å²) < 4.78 is 38.1. The maximum absolute atomic E-state index is 12.7. The molecule has 116 valence electrons. The molecule has 0 saturated heterocycles. The maximum Gasteiger partial charge on any atom is 0.416 e. The predicted octanol–water partition coefficient (Wildman–Crippen LogP) is 2.83. The molecule has 1 rings (SSSR count). The molecule has 0 aliphatic rings. The molecular weight excluding hydrogens is 281 g/mol. The first-order valence-corrected chi connectivity index (χ1v) is 6.47. The Balaban J connectivity index is 2.78. The Morgan fingerprint density at radius 2 is 1.90 bits per heavy atom. The second kappa shape index (κ2) is 6.76. The van der Waals surface area contributed by atoms with E-state index in [-0.39, 0.29) is 12.5 Å². The third-order valence-corrected chi connectivity index (χ3v) is 3.05. The third kappa shape index (κ3) is 5.23. The van der Waals surface area contributed by atoms with Crippen molar-refractivity contribution in [3.8, 4) is 0 Å². The number of hydrogen-bond donors (Lipinski definition) is 2. The average molecular weight is 300 g/mol. The zero-order valence-corrected chi connectivity index (χ0v) is 12.1. The van der Waals surface area contributed by atoms with E-state index in [2.05, 4.69) is 17.2 Å². The van der Waals surface area contributed by atoms with Crippen molar-refractivity contribution in [2.45, 2.75) is 25.6 Å². The zero-order valence-electron chi connectivity index (χ0n) is 12.1.